The Morgan fingerprint density at radius 2 is 1.44 bits per heavy atom. The first kappa shape index (κ1) is 11.3. The molecule has 2 N–H and O–H groups in total. The summed E-state index contributed by atoms with van der Waals surface area (Å²) >= 11 is 0. The van der Waals surface area contributed by atoms with Gasteiger partial charge >= 0.3 is 0 Å². The van der Waals surface area contributed by atoms with Crippen LogP contribution in [0.5, 0.6) is 0 Å². The quantitative estimate of drug-likeness (QED) is 0.743. The molecule has 0 spiro atoms. The summed E-state index contributed by atoms with van der Waals surface area (Å²) in [5.41, 5.74) is 8.69. The third-order valence-electron chi connectivity index (χ3n) is 3.62. The Hall–Kier alpha value is -1.80. The third-order valence-corrected chi connectivity index (χ3v) is 3.62. The molecule has 3 aromatic rings. The fraction of sp³-hybridized carbons (Fsp3) is 0.250. The standard InChI is InChI=1S/C16H18N2/c1-2-12(17)11-18-15-9-5-3-7-13(15)14-8-4-6-10-16(14)18/h3-10,12H,2,11,17H2,1H3. The van der Waals surface area contributed by atoms with E-state index in [4.69, 9.17) is 5.73 Å². The molecule has 1 atom stereocenters. The maximum atomic E-state index is 6.13. The molecule has 0 aliphatic heterocycles. The zero-order valence-electron chi connectivity index (χ0n) is 10.6. The van der Waals surface area contributed by atoms with Gasteiger partial charge in [-0.25, -0.2) is 0 Å². The molecule has 18 heavy (non-hydrogen) atoms. The Morgan fingerprint density at radius 3 is 1.94 bits per heavy atom. The lowest BCUT2D eigenvalue weighted by molar-refractivity contribution is 0.559. The van der Waals surface area contributed by atoms with E-state index in [9.17, 15) is 0 Å². The van der Waals surface area contributed by atoms with Gasteiger partial charge in [-0.15, -0.1) is 0 Å². The van der Waals surface area contributed by atoms with Crippen molar-refractivity contribution in [1.82, 2.24) is 4.57 Å². The number of aromatic nitrogens is 1. The molecule has 0 radical (unpaired) electrons. The van der Waals surface area contributed by atoms with Gasteiger partial charge in [0.05, 0.1) is 0 Å². The van der Waals surface area contributed by atoms with Crippen molar-refractivity contribution in [2.75, 3.05) is 0 Å². The second-order valence-corrected chi connectivity index (χ2v) is 4.81. The molecule has 0 aliphatic rings. The lowest BCUT2D eigenvalue weighted by Gasteiger charge is -2.12. The van der Waals surface area contributed by atoms with Crippen LogP contribution in [-0.4, -0.2) is 10.6 Å². The van der Waals surface area contributed by atoms with Gasteiger partial charge in [-0.2, -0.15) is 0 Å². The maximum absolute atomic E-state index is 6.13. The molecule has 0 saturated heterocycles. The zero-order chi connectivity index (χ0) is 12.5. The number of hydrogen-bond donors (Lipinski definition) is 1. The molecule has 1 aromatic heterocycles. The van der Waals surface area contributed by atoms with E-state index < -0.39 is 0 Å². The monoisotopic (exact) mass is 238 g/mol. The number of fused-ring (bicyclic) bond motifs is 3. The Labute approximate surface area is 107 Å². The second kappa shape index (κ2) is 4.46. The lowest BCUT2D eigenvalue weighted by Crippen LogP contribution is -2.24. The number of nitrogens with two attached hydrogens (primary N) is 1. The van der Waals surface area contributed by atoms with E-state index in [1.807, 2.05) is 0 Å². The average molecular weight is 238 g/mol. The van der Waals surface area contributed by atoms with Gasteiger partial charge in [0.1, 0.15) is 0 Å². The van der Waals surface area contributed by atoms with Crippen molar-refractivity contribution in [3.05, 3.63) is 48.5 Å². The molecule has 0 amide bonds. The van der Waals surface area contributed by atoms with Crippen LogP contribution >= 0.6 is 0 Å². The molecule has 2 nitrogen and oxygen atoms in total. The van der Waals surface area contributed by atoms with Gasteiger partial charge in [-0.05, 0) is 18.6 Å². The number of para-hydroxylation sites is 2. The van der Waals surface area contributed by atoms with E-state index in [0.29, 0.717) is 0 Å². The molecule has 1 unspecified atom stereocenters. The Bertz CT molecular complexity index is 628. The number of hydrogen-bond acceptors (Lipinski definition) is 1. The molecule has 3 rings (SSSR count). The lowest BCUT2D eigenvalue weighted by atomic mass is 10.2. The van der Waals surface area contributed by atoms with Crippen LogP contribution in [0.2, 0.25) is 0 Å². The van der Waals surface area contributed by atoms with E-state index in [1.54, 1.807) is 0 Å². The first-order valence-corrected chi connectivity index (χ1v) is 6.53. The van der Waals surface area contributed by atoms with Crippen LogP contribution in [0.25, 0.3) is 21.8 Å². The highest BCUT2D eigenvalue weighted by molar-refractivity contribution is 6.07. The van der Waals surface area contributed by atoms with Crippen LogP contribution in [0.1, 0.15) is 13.3 Å². The Kier molecular flexibility index (Phi) is 2.80. The highest BCUT2D eigenvalue weighted by Gasteiger charge is 2.11. The van der Waals surface area contributed by atoms with Crippen molar-refractivity contribution >= 4 is 21.8 Å². The molecule has 0 bridgehead atoms. The molecule has 2 heteroatoms. The summed E-state index contributed by atoms with van der Waals surface area (Å²) in [5, 5.41) is 2.63. The van der Waals surface area contributed by atoms with Crippen LogP contribution in [0.3, 0.4) is 0 Å². The summed E-state index contributed by atoms with van der Waals surface area (Å²) in [6.07, 6.45) is 1.00. The molecular weight excluding hydrogens is 220 g/mol. The summed E-state index contributed by atoms with van der Waals surface area (Å²) in [6.45, 7) is 3.02. The van der Waals surface area contributed by atoms with Crippen LogP contribution in [0.15, 0.2) is 48.5 Å². The van der Waals surface area contributed by atoms with E-state index in [-0.39, 0.29) is 6.04 Å². The predicted molar refractivity (Wildman–Crippen MR) is 77.7 cm³/mol. The predicted octanol–water partition coefficient (Wildman–Crippen LogP) is 3.53. The Morgan fingerprint density at radius 1 is 0.944 bits per heavy atom. The van der Waals surface area contributed by atoms with E-state index in [2.05, 4.69) is 60.0 Å². The summed E-state index contributed by atoms with van der Waals surface area (Å²) in [6, 6.07) is 17.3. The van der Waals surface area contributed by atoms with Crippen LogP contribution in [-0.2, 0) is 6.54 Å². The van der Waals surface area contributed by atoms with Gasteiger partial charge in [-0.1, -0.05) is 43.3 Å². The van der Waals surface area contributed by atoms with Crippen molar-refractivity contribution in [1.29, 1.82) is 0 Å². The fourth-order valence-electron chi connectivity index (χ4n) is 2.56. The van der Waals surface area contributed by atoms with Crippen molar-refractivity contribution < 1.29 is 0 Å². The van der Waals surface area contributed by atoms with Crippen LogP contribution < -0.4 is 5.73 Å². The molecule has 2 aromatic carbocycles. The normalized spacial score (nSPS) is 13.2. The summed E-state index contributed by atoms with van der Waals surface area (Å²) < 4.78 is 2.35. The minimum absolute atomic E-state index is 0.212. The van der Waals surface area contributed by atoms with Gasteiger partial charge < -0.3 is 10.3 Å². The fourth-order valence-corrected chi connectivity index (χ4v) is 2.56. The average Bonchev–Trinajstić information content (AvgIpc) is 2.74. The smallest absolute Gasteiger partial charge is 0.0491 e. The minimum atomic E-state index is 0.212. The molecule has 0 fully saturated rings. The van der Waals surface area contributed by atoms with Crippen molar-refractivity contribution in [2.24, 2.45) is 5.73 Å². The van der Waals surface area contributed by atoms with Gasteiger partial charge in [0.15, 0.2) is 0 Å². The molecule has 1 heterocycles. The van der Waals surface area contributed by atoms with Crippen molar-refractivity contribution in [2.45, 2.75) is 25.9 Å². The number of benzene rings is 2. The zero-order valence-corrected chi connectivity index (χ0v) is 10.6. The van der Waals surface area contributed by atoms with E-state index in [0.717, 1.165) is 13.0 Å². The van der Waals surface area contributed by atoms with Gasteiger partial charge in [0.25, 0.3) is 0 Å². The largest absolute Gasteiger partial charge is 0.339 e. The summed E-state index contributed by atoms with van der Waals surface area (Å²) in [7, 11) is 0. The number of nitrogens with zero attached hydrogens (tertiary/aromatic N) is 1. The first-order valence-electron chi connectivity index (χ1n) is 6.53. The SMILES string of the molecule is CCC(N)Cn1c2ccccc2c2ccccc21. The van der Waals surface area contributed by atoms with Crippen LogP contribution in [0.4, 0.5) is 0 Å². The minimum Gasteiger partial charge on any atom is -0.339 e. The summed E-state index contributed by atoms with van der Waals surface area (Å²) in [5.74, 6) is 0. The molecular formula is C16H18N2. The number of rotatable bonds is 3. The molecule has 0 aliphatic carbocycles. The van der Waals surface area contributed by atoms with E-state index >= 15 is 0 Å². The van der Waals surface area contributed by atoms with Gasteiger partial charge in [0, 0.05) is 34.4 Å². The molecule has 0 saturated carbocycles. The Balaban J connectivity index is 2.31. The van der Waals surface area contributed by atoms with Crippen molar-refractivity contribution in [3.8, 4) is 0 Å². The van der Waals surface area contributed by atoms with E-state index in [1.165, 1.54) is 21.8 Å². The van der Waals surface area contributed by atoms with Crippen LogP contribution in [0, 0.1) is 0 Å². The van der Waals surface area contributed by atoms with Gasteiger partial charge in [-0.3, -0.25) is 0 Å². The van der Waals surface area contributed by atoms with Gasteiger partial charge in [0.2, 0.25) is 0 Å². The third kappa shape index (κ3) is 1.70. The molecule has 92 valence electrons. The first-order chi connectivity index (χ1) is 8.81. The highest BCUT2D eigenvalue weighted by Crippen LogP contribution is 2.28. The maximum Gasteiger partial charge on any atom is 0.0491 e. The summed E-state index contributed by atoms with van der Waals surface area (Å²) in [4.78, 5) is 0. The highest BCUT2D eigenvalue weighted by atomic mass is 15.0. The van der Waals surface area contributed by atoms with Crippen molar-refractivity contribution in [3.63, 3.8) is 0 Å². The topological polar surface area (TPSA) is 30.9 Å². The second-order valence-electron chi connectivity index (χ2n) is 4.81.